The van der Waals surface area contributed by atoms with Gasteiger partial charge in [0.1, 0.15) is 5.15 Å². The number of carbonyl (C=O) groups is 1. The summed E-state index contributed by atoms with van der Waals surface area (Å²) in [5.41, 5.74) is 5.02. The van der Waals surface area contributed by atoms with Gasteiger partial charge < -0.3 is 5.73 Å². The molecule has 0 unspecified atom stereocenters. The lowest BCUT2D eigenvalue weighted by Crippen LogP contribution is -2.14. The van der Waals surface area contributed by atoms with Crippen molar-refractivity contribution in [1.82, 2.24) is 4.98 Å². The first-order valence-corrected chi connectivity index (χ1v) is 3.56. The van der Waals surface area contributed by atoms with E-state index < -0.39 is 11.9 Å². The second-order valence-electron chi connectivity index (χ2n) is 2.23. The Morgan fingerprint density at radius 3 is 2.83 bits per heavy atom. The van der Waals surface area contributed by atoms with Gasteiger partial charge in [-0.25, -0.2) is 4.98 Å². The summed E-state index contributed by atoms with van der Waals surface area (Å²) in [4.78, 5) is 13.7. The Hall–Kier alpha value is -1.16. The van der Waals surface area contributed by atoms with Gasteiger partial charge in [-0.2, -0.15) is 4.39 Å². The topological polar surface area (TPSA) is 56.0 Å². The van der Waals surface area contributed by atoms with Crippen LogP contribution in [0.15, 0.2) is 12.1 Å². The highest BCUT2D eigenvalue weighted by atomic mass is 35.5. The van der Waals surface area contributed by atoms with Crippen LogP contribution in [0.25, 0.3) is 0 Å². The minimum absolute atomic E-state index is 0.0562. The van der Waals surface area contributed by atoms with Gasteiger partial charge in [-0.3, -0.25) is 4.79 Å². The fourth-order valence-electron chi connectivity index (χ4n) is 0.761. The number of rotatable bonds is 2. The lowest BCUT2D eigenvalue weighted by atomic mass is 10.2. The van der Waals surface area contributed by atoms with Crippen molar-refractivity contribution in [2.24, 2.45) is 5.73 Å². The second kappa shape index (κ2) is 3.49. The van der Waals surface area contributed by atoms with Gasteiger partial charge in [-0.05, 0) is 6.07 Å². The Labute approximate surface area is 73.4 Å². The maximum atomic E-state index is 12.8. The number of pyridine rings is 1. The zero-order valence-electron chi connectivity index (χ0n) is 6.05. The fraction of sp³-hybridized carbons (Fsp3) is 0.143. The summed E-state index contributed by atoms with van der Waals surface area (Å²) in [7, 11) is 0. The van der Waals surface area contributed by atoms with Crippen LogP contribution in [0.2, 0.25) is 5.15 Å². The molecule has 0 aliphatic carbocycles. The molecule has 0 spiro atoms. The van der Waals surface area contributed by atoms with Gasteiger partial charge in [0.15, 0.2) is 0 Å². The van der Waals surface area contributed by atoms with Crippen molar-refractivity contribution < 1.29 is 9.18 Å². The first-order valence-electron chi connectivity index (χ1n) is 3.19. The molecule has 0 saturated carbocycles. The minimum atomic E-state index is -0.749. The molecule has 0 aliphatic heterocycles. The van der Waals surface area contributed by atoms with Crippen LogP contribution in [0.1, 0.15) is 5.56 Å². The summed E-state index contributed by atoms with van der Waals surface area (Å²) in [6.07, 6.45) is -0.157. The predicted molar refractivity (Wildman–Crippen MR) is 42.1 cm³/mol. The standard InChI is InChI=1S/C7H6ClFN2O/c8-5-2-1-4(3-6(10)12)7(9)11-5/h1-2H,3H2,(H2,10,12). The number of amides is 1. The summed E-state index contributed by atoms with van der Waals surface area (Å²) in [5.74, 6) is -1.35. The normalized spacial score (nSPS) is 9.83. The third-order valence-corrected chi connectivity index (χ3v) is 1.47. The van der Waals surface area contributed by atoms with Crippen LogP contribution < -0.4 is 5.73 Å². The quantitative estimate of drug-likeness (QED) is 0.702. The molecule has 12 heavy (non-hydrogen) atoms. The minimum Gasteiger partial charge on any atom is -0.369 e. The summed E-state index contributed by atoms with van der Waals surface area (Å²) >= 11 is 5.39. The van der Waals surface area contributed by atoms with Crippen molar-refractivity contribution in [2.75, 3.05) is 0 Å². The highest BCUT2D eigenvalue weighted by Crippen LogP contribution is 2.10. The predicted octanol–water partition coefficient (Wildman–Crippen LogP) is 0.902. The van der Waals surface area contributed by atoms with E-state index in [1.165, 1.54) is 12.1 Å². The Kier molecular flexibility index (Phi) is 2.60. The van der Waals surface area contributed by atoms with Crippen molar-refractivity contribution in [1.29, 1.82) is 0 Å². The van der Waals surface area contributed by atoms with Crippen molar-refractivity contribution in [2.45, 2.75) is 6.42 Å². The summed E-state index contributed by atoms with van der Waals surface area (Å²) in [5, 5.41) is 0.0562. The number of hydrogen-bond donors (Lipinski definition) is 1. The zero-order chi connectivity index (χ0) is 9.14. The molecule has 0 atom stereocenters. The lowest BCUT2D eigenvalue weighted by molar-refractivity contribution is -0.117. The first kappa shape index (κ1) is 8.93. The van der Waals surface area contributed by atoms with E-state index in [9.17, 15) is 9.18 Å². The number of aromatic nitrogens is 1. The molecule has 0 bridgehead atoms. The molecule has 0 aromatic carbocycles. The van der Waals surface area contributed by atoms with E-state index in [-0.39, 0.29) is 17.1 Å². The highest BCUT2D eigenvalue weighted by Gasteiger charge is 2.06. The average Bonchev–Trinajstić information content (AvgIpc) is 1.94. The third-order valence-electron chi connectivity index (χ3n) is 1.26. The Morgan fingerprint density at radius 2 is 2.33 bits per heavy atom. The van der Waals surface area contributed by atoms with Gasteiger partial charge >= 0.3 is 0 Å². The first-order chi connectivity index (χ1) is 5.59. The lowest BCUT2D eigenvalue weighted by Gasteiger charge is -1.98. The van der Waals surface area contributed by atoms with Crippen molar-refractivity contribution in [3.05, 3.63) is 28.8 Å². The van der Waals surface area contributed by atoms with E-state index >= 15 is 0 Å². The molecule has 2 N–H and O–H groups in total. The molecule has 1 aromatic rings. The van der Waals surface area contributed by atoms with Gasteiger partial charge in [-0.15, -0.1) is 0 Å². The van der Waals surface area contributed by atoms with Crippen molar-refractivity contribution >= 4 is 17.5 Å². The molecule has 0 saturated heterocycles. The molecule has 1 heterocycles. The number of nitrogens with two attached hydrogens (primary N) is 1. The largest absolute Gasteiger partial charge is 0.369 e. The smallest absolute Gasteiger partial charge is 0.222 e. The van der Waals surface area contributed by atoms with Crippen LogP contribution in [0, 0.1) is 5.95 Å². The average molecular weight is 189 g/mol. The highest BCUT2D eigenvalue weighted by molar-refractivity contribution is 6.29. The molecule has 0 fully saturated rings. The molecule has 64 valence electrons. The Bertz CT molecular complexity index is 316. The Morgan fingerprint density at radius 1 is 1.67 bits per heavy atom. The van der Waals surface area contributed by atoms with E-state index in [2.05, 4.69) is 4.98 Å². The molecular weight excluding hydrogens is 183 g/mol. The van der Waals surface area contributed by atoms with Gasteiger partial charge in [0.2, 0.25) is 11.9 Å². The van der Waals surface area contributed by atoms with Gasteiger partial charge in [0.25, 0.3) is 0 Å². The Balaban J connectivity index is 2.93. The van der Waals surface area contributed by atoms with Crippen molar-refractivity contribution in [3.63, 3.8) is 0 Å². The van der Waals surface area contributed by atoms with E-state index in [1.54, 1.807) is 0 Å². The number of carbonyl (C=O) groups excluding carboxylic acids is 1. The zero-order valence-corrected chi connectivity index (χ0v) is 6.81. The summed E-state index contributed by atoms with van der Waals surface area (Å²) < 4.78 is 12.8. The van der Waals surface area contributed by atoms with Crippen LogP contribution >= 0.6 is 11.6 Å². The third kappa shape index (κ3) is 2.17. The van der Waals surface area contributed by atoms with Crippen LogP contribution in [0.3, 0.4) is 0 Å². The molecular formula is C7H6ClFN2O. The maximum absolute atomic E-state index is 12.8. The van der Waals surface area contributed by atoms with Gasteiger partial charge in [0, 0.05) is 5.56 Å². The summed E-state index contributed by atoms with van der Waals surface area (Å²) in [6.45, 7) is 0. The number of halogens is 2. The number of nitrogens with zero attached hydrogens (tertiary/aromatic N) is 1. The molecule has 5 heteroatoms. The van der Waals surface area contributed by atoms with Crippen molar-refractivity contribution in [3.8, 4) is 0 Å². The van der Waals surface area contributed by atoms with E-state index in [0.29, 0.717) is 0 Å². The SMILES string of the molecule is NC(=O)Cc1ccc(Cl)nc1F. The second-order valence-corrected chi connectivity index (χ2v) is 2.61. The molecule has 1 amide bonds. The van der Waals surface area contributed by atoms with Crippen LogP contribution in [0.5, 0.6) is 0 Å². The van der Waals surface area contributed by atoms with Gasteiger partial charge in [0.05, 0.1) is 6.42 Å². The molecule has 0 aliphatic rings. The van der Waals surface area contributed by atoms with E-state index in [4.69, 9.17) is 17.3 Å². The number of primary amides is 1. The maximum Gasteiger partial charge on any atom is 0.222 e. The van der Waals surface area contributed by atoms with Crippen LogP contribution in [-0.2, 0) is 11.2 Å². The van der Waals surface area contributed by atoms with Crippen LogP contribution in [-0.4, -0.2) is 10.9 Å². The molecule has 1 aromatic heterocycles. The summed E-state index contributed by atoms with van der Waals surface area (Å²) in [6, 6.07) is 2.79. The van der Waals surface area contributed by atoms with E-state index in [0.717, 1.165) is 0 Å². The monoisotopic (exact) mass is 188 g/mol. The van der Waals surface area contributed by atoms with Crippen LogP contribution in [0.4, 0.5) is 4.39 Å². The molecule has 3 nitrogen and oxygen atoms in total. The molecule has 0 radical (unpaired) electrons. The molecule has 1 rings (SSSR count). The number of hydrogen-bond acceptors (Lipinski definition) is 2. The van der Waals surface area contributed by atoms with Gasteiger partial charge in [-0.1, -0.05) is 17.7 Å². The fourth-order valence-corrected chi connectivity index (χ4v) is 0.898. The van der Waals surface area contributed by atoms with E-state index in [1.807, 2.05) is 0 Å².